The molecule has 0 bridgehead atoms. The van der Waals surface area contributed by atoms with Gasteiger partial charge in [-0.25, -0.2) is 4.39 Å². The predicted molar refractivity (Wildman–Crippen MR) is 87.3 cm³/mol. The molecule has 1 aromatic carbocycles. The van der Waals surface area contributed by atoms with Gasteiger partial charge in [-0.2, -0.15) is 0 Å². The third-order valence-corrected chi connectivity index (χ3v) is 4.77. The first-order valence-electron chi connectivity index (χ1n) is 7.91. The average Bonchev–Trinajstić information content (AvgIpc) is 2.92. The Kier molecular flexibility index (Phi) is 6.03. The van der Waals surface area contributed by atoms with E-state index >= 15 is 0 Å². The summed E-state index contributed by atoms with van der Waals surface area (Å²) < 4.78 is 13.1. The minimum Gasteiger partial charge on any atom is -0.309 e. The molecule has 0 spiro atoms. The van der Waals surface area contributed by atoms with Crippen LogP contribution in [0.2, 0.25) is 5.02 Å². The van der Waals surface area contributed by atoms with Crippen molar-refractivity contribution in [2.75, 3.05) is 19.6 Å². The molecule has 0 amide bonds. The molecule has 1 N–H and O–H groups in total. The van der Waals surface area contributed by atoms with Crippen LogP contribution in [0.3, 0.4) is 0 Å². The van der Waals surface area contributed by atoms with Crippen molar-refractivity contribution in [1.29, 1.82) is 0 Å². The lowest BCUT2D eigenvalue weighted by molar-refractivity contribution is 0.183. The molecule has 0 aliphatic carbocycles. The van der Waals surface area contributed by atoms with E-state index in [-0.39, 0.29) is 11.9 Å². The van der Waals surface area contributed by atoms with Crippen LogP contribution < -0.4 is 5.32 Å². The minimum absolute atomic E-state index is 0.127. The highest BCUT2D eigenvalue weighted by molar-refractivity contribution is 6.31. The Labute approximate surface area is 132 Å². The first-order valence-corrected chi connectivity index (χ1v) is 8.29. The van der Waals surface area contributed by atoms with Crippen LogP contribution >= 0.6 is 11.6 Å². The maximum absolute atomic E-state index is 13.1. The number of nitrogens with one attached hydrogen (secondary N) is 1. The molecule has 0 saturated carbocycles. The van der Waals surface area contributed by atoms with Crippen molar-refractivity contribution in [3.8, 4) is 0 Å². The van der Waals surface area contributed by atoms with Crippen molar-refractivity contribution in [2.24, 2.45) is 5.92 Å². The molecule has 1 aromatic rings. The van der Waals surface area contributed by atoms with E-state index in [1.807, 2.05) is 0 Å². The number of hydrogen-bond donors (Lipinski definition) is 1. The molecule has 1 saturated heterocycles. The summed E-state index contributed by atoms with van der Waals surface area (Å²) in [5.74, 6) is 0.333. The summed E-state index contributed by atoms with van der Waals surface area (Å²) in [4.78, 5) is 2.58. The molecule has 2 nitrogen and oxygen atoms in total. The fraction of sp³-hybridized carbons (Fsp3) is 0.647. The van der Waals surface area contributed by atoms with Crippen LogP contribution in [0, 0.1) is 11.7 Å². The fourth-order valence-corrected chi connectivity index (χ4v) is 3.45. The van der Waals surface area contributed by atoms with Crippen molar-refractivity contribution in [1.82, 2.24) is 10.2 Å². The van der Waals surface area contributed by atoms with Crippen molar-refractivity contribution in [3.63, 3.8) is 0 Å². The van der Waals surface area contributed by atoms with Crippen molar-refractivity contribution in [3.05, 3.63) is 34.6 Å². The molecule has 2 rings (SSSR count). The van der Waals surface area contributed by atoms with Crippen LogP contribution in [-0.2, 0) is 0 Å². The van der Waals surface area contributed by atoms with Gasteiger partial charge in [0.2, 0.25) is 0 Å². The summed E-state index contributed by atoms with van der Waals surface area (Å²) in [6.45, 7) is 9.99. The van der Waals surface area contributed by atoms with Crippen molar-refractivity contribution in [2.45, 2.75) is 45.7 Å². The first kappa shape index (κ1) is 16.7. The maximum Gasteiger partial charge on any atom is 0.124 e. The van der Waals surface area contributed by atoms with Gasteiger partial charge in [0, 0.05) is 23.7 Å². The standard InChI is InChI=1S/C17H26ClFN2/c1-12(2)17(21-8-4-5-9-21)11-20-13(3)15-7-6-14(19)10-16(15)18/h6-7,10,12-13,17,20H,4-5,8-9,11H2,1-3H3. The Morgan fingerprint density at radius 3 is 2.48 bits per heavy atom. The second-order valence-electron chi connectivity index (χ2n) is 6.35. The number of hydrogen-bond acceptors (Lipinski definition) is 2. The van der Waals surface area contributed by atoms with Gasteiger partial charge in [0.15, 0.2) is 0 Å². The lowest BCUT2D eigenvalue weighted by atomic mass is 10.0. The summed E-state index contributed by atoms with van der Waals surface area (Å²) in [5.41, 5.74) is 0.960. The van der Waals surface area contributed by atoms with Crippen molar-refractivity contribution < 1.29 is 4.39 Å². The Hall–Kier alpha value is -0.640. The zero-order valence-corrected chi connectivity index (χ0v) is 14.0. The van der Waals surface area contributed by atoms with E-state index in [4.69, 9.17) is 11.6 Å². The lowest BCUT2D eigenvalue weighted by Gasteiger charge is -2.32. The second kappa shape index (κ2) is 7.57. The minimum atomic E-state index is -0.284. The highest BCUT2D eigenvalue weighted by atomic mass is 35.5. The Morgan fingerprint density at radius 2 is 1.90 bits per heavy atom. The Morgan fingerprint density at radius 1 is 1.24 bits per heavy atom. The molecule has 118 valence electrons. The van der Waals surface area contributed by atoms with E-state index in [0.717, 1.165) is 12.1 Å². The third-order valence-electron chi connectivity index (χ3n) is 4.44. The van der Waals surface area contributed by atoms with Crippen LogP contribution in [0.1, 0.15) is 45.2 Å². The number of halogens is 2. The highest BCUT2D eigenvalue weighted by Gasteiger charge is 2.25. The molecule has 0 radical (unpaired) electrons. The summed E-state index contributed by atoms with van der Waals surface area (Å²) in [6, 6.07) is 5.31. The summed E-state index contributed by atoms with van der Waals surface area (Å²) in [7, 11) is 0. The van der Waals surface area contributed by atoms with Gasteiger partial charge in [0.05, 0.1) is 0 Å². The van der Waals surface area contributed by atoms with Gasteiger partial charge in [-0.15, -0.1) is 0 Å². The van der Waals surface area contributed by atoms with E-state index in [1.165, 1.54) is 38.1 Å². The quantitative estimate of drug-likeness (QED) is 0.844. The van der Waals surface area contributed by atoms with Gasteiger partial charge >= 0.3 is 0 Å². The normalized spacial score (nSPS) is 19.1. The van der Waals surface area contributed by atoms with E-state index < -0.39 is 0 Å². The SMILES string of the molecule is CC(NCC(C(C)C)N1CCCC1)c1ccc(F)cc1Cl. The highest BCUT2D eigenvalue weighted by Crippen LogP contribution is 2.24. The van der Waals surface area contributed by atoms with Gasteiger partial charge in [-0.3, -0.25) is 4.90 Å². The summed E-state index contributed by atoms with van der Waals surface area (Å²) in [6.07, 6.45) is 2.62. The molecular weight excluding hydrogens is 287 g/mol. The van der Waals surface area contributed by atoms with Gasteiger partial charge in [0.25, 0.3) is 0 Å². The molecule has 1 heterocycles. The molecule has 0 aromatic heterocycles. The molecule has 1 aliphatic rings. The molecule has 1 fully saturated rings. The van der Waals surface area contributed by atoms with E-state index in [0.29, 0.717) is 17.0 Å². The average molecular weight is 313 g/mol. The van der Waals surface area contributed by atoms with Crippen LogP contribution in [-0.4, -0.2) is 30.6 Å². The lowest BCUT2D eigenvalue weighted by Crippen LogP contribution is -2.44. The van der Waals surface area contributed by atoms with Gasteiger partial charge in [-0.05, 0) is 56.5 Å². The summed E-state index contributed by atoms with van der Waals surface area (Å²) >= 11 is 6.14. The number of benzene rings is 1. The van der Waals surface area contributed by atoms with Gasteiger partial charge in [0.1, 0.15) is 5.82 Å². The number of likely N-dealkylation sites (tertiary alicyclic amines) is 1. The second-order valence-corrected chi connectivity index (χ2v) is 6.76. The monoisotopic (exact) mass is 312 g/mol. The van der Waals surface area contributed by atoms with Crippen molar-refractivity contribution >= 4 is 11.6 Å². The van der Waals surface area contributed by atoms with Crippen LogP contribution in [0.25, 0.3) is 0 Å². The Bertz CT molecular complexity index is 458. The molecule has 2 atom stereocenters. The van der Waals surface area contributed by atoms with E-state index in [1.54, 1.807) is 6.07 Å². The Balaban J connectivity index is 1.96. The van der Waals surface area contributed by atoms with E-state index in [2.05, 4.69) is 31.0 Å². The number of rotatable bonds is 6. The van der Waals surface area contributed by atoms with E-state index in [9.17, 15) is 4.39 Å². The van der Waals surface area contributed by atoms with Gasteiger partial charge < -0.3 is 5.32 Å². The molecule has 21 heavy (non-hydrogen) atoms. The fourth-order valence-electron chi connectivity index (χ4n) is 3.12. The molecule has 4 heteroatoms. The summed E-state index contributed by atoms with van der Waals surface area (Å²) in [5, 5.41) is 4.07. The van der Waals surface area contributed by atoms with Gasteiger partial charge in [-0.1, -0.05) is 31.5 Å². The predicted octanol–water partition coefficient (Wildman–Crippen LogP) is 4.25. The maximum atomic E-state index is 13.1. The zero-order chi connectivity index (χ0) is 15.4. The molecule has 1 aliphatic heterocycles. The number of nitrogens with zero attached hydrogens (tertiary/aromatic N) is 1. The first-order chi connectivity index (χ1) is 9.99. The van der Waals surface area contributed by atoms with Crippen LogP contribution in [0.15, 0.2) is 18.2 Å². The third kappa shape index (κ3) is 4.41. The zero-order valence-electron chi connectivity index (χ0n) is 13.2. The van der Waals surface area contributed by atoms with Crippen LogP contribution in [0.4, 0.5) is 4.39 Å². The molecular formula is C17H26ClFN2. The molecule has 2 unspecified atom stereocenters. The largest absolute Gasteiger partial charge is 0.309 e. The van der Waals surface area contributed by atoms with Crippen LogP contribution in [0.5, 0.6) is 0 Å². The topological polar surface area (TPSA) is 15.3 Å². The smallest absolute Gasteiger partial charge is 0.124 e.